The van der Waals surface area contributed by atoms with Gasteiger partial charge in [0, 0.05) is 6.61 Å². The Kier molecular flexibility index (Phi) is 5.48. The maximum Gasteiger partial charge on any atom is 0.104 e. The summed E-state index contributed by atoms with van der Waals surface area (Å²) < 4.78 is 10.7. The molecule has 1 atom stereocenters. The van der Waals surface area contributed by atoms with Crippen LogP contribution >= 0.6 is 0 Å². The lowest BCUT2D eigenvalue weighted by atomic mass is 10.5. The first-order valence-corrected chi connectivity index (χ1v) is 9.52. The van der Waals surface area contributed by atoms with E-state index in [1.165, 1.54) is 12.5 Å². The average molecular weight is 244 g/mol. The standard InChI is InChI=1S/C13H28O2Si/c1-11(2)16(5,12(3)4)8-6-7-14-9-13-10-15-13/h11-13H,6-10H2,1-5H3. The first kappa shape index (κ1) is 14.2. The summed E-state index contributed by atoms with van der Waals surface area (Å²) >= 11 is 0. The zero-order chi connectivity index (χ0) is 12.2. The van der Waals surface area contributed by atoms with Gasteiger partial charge in [-0.2, -0.15) is 0 Å². The summed E-state index contributed by atoms with van der Waals surface area (Å²) in [5, 5.41) is 0. The summed E-state index contributed by atoms with van der Waals surface area (Å²) in [5.74, 6) is 0. The molecule has 0 aromatic rings. The highest BCUT2D eigenvalue weighted by molar-refractivity contribution is 6.81. The molecule has 1 heterocycles. The molecule has 1 rings (SSSR count). The van der Waals surface area contributed by atoms with Gasteiger partial charge >= 0.3 is 0 Å². The third kappa shape index (κ3) is 4.19. The molecule has 0 aromatic carbocycles. The quantitative estimate of drug-likeness (QED) is 0.369. The Bertz CT molecular complexity index is 192. The first-order chi connectivity index (χ1) is 7.47. The molecule has 0 radical (unpaired) electrons. The minimum Gasteiger partial charge on any atom is -0.379 e. The third-order valence-electron chi connectivity index (χ3n) is 4.35. The summed E-state index contributed by atoms with van der Waals surface area (Å²) in [5.41, 5.74) is 1.75. The number of rotatable bonds is 8. The molecule has 1 aliphatic rings. The van der Waals surface area contributed by atoms with Gasteiger partial charge < -0.3 is 9.47 Å². The number of epoxide rings is 1. The van der Waals surface area contributed by atoms with Crippen molar-refractivity contribution in [2.45, 2.75) is 63.9 Å². The van der Waals surface area contributed by atoms with Crippen LogP contribution in [0, 0.1) is 0 Å². The van der Waals surface area contributed by atoms with E-state index in [0.717, 1.165) is 30.9 Å². The molecular weight excluding hydrogens is 216 g/mol. The van der Waals surface area contributed by atoms with E-state index in [0.29, 0.717) is 6.10 Å². The molecule has 1 unspecified atom stereocenters. The fourth-order valence-electron chi connectivity index (χ4n) is 2.18. The highest BCUT2D eigenvalue weighted by Crippen LogP contribution is 2.36. The van der Waals surface area contributed by atoms with Crippen molar-refractivity contribution in [3.8, 4) is 0 Å². The Morgan fingerprint density at radius 1 is 1.25 bits per heavy atom. The third-order valence-corrected chi connectivity index (χ3v) is 11.1. The second-order valence-corrected chi connectivity index (χ2v) is 11.8. The molecule has 2 nitrogen and oxygen atoms in total. The lowest BCUT2D eigenvalue weighted by Gasteiger charge is -2.36. The molecular formula is C13H28O2Si. The van der Waals surface area contributed by atoms with E-state index in [1.807, 2.05) is 0 Å². The predicted octanol–water partition coefficient (Wildman–Crippen LogP) is 3.69. The summed E-state index contributed by atoms with van der Waals surface area (Å²) in [4.78, 5) is 0. The molecule has 1 saturated heterocycles. The van der Waals surface area contributed by atoms with Gasteiger partial charge in [0.1, 0.15) is 6.10 Å². The second-order valence-electron chi connectivity index (χ2n) is 5.95. The fourth-order valence-corrected chi connectivity index (χ4v) is 5.57. The van der Waals surface area contributed by atoms with E-state index in [1.54, 1.807) is 0 Å². The van der Waals surface area contributed by atoms with Crippen molar-refractivity contribution in [2.75, 3.05) is 19.8 Å². The Labute approximate surface area is 102 Å². The van der Waals surface area contributed by atoms with Crippen LogP contribution in [0.15, 0.2) is 0 Å². The van der Waals surface area contributed by atoms with E-state index in [9.17, 15) is 0 Å². The summed E-state index contributed by atoms with van der Waals surface area (Å²) in [6, 6.07) is 1.40. The summed E-state index contributed by atoms with van der Waals surface area (Å²) in [6.45, 7) is 14.8. The lowest BCUT2D eigenvalue weighted by molar-refractivity contribution is 0.117. The first-order valence-electron chi connectivity index (χ1n) is 6.66. The van der Waals surface area contributed by atoms with Crippen molar-refractivity contribution in [1.82, 2.24) is 0 Å². The van der Waals surface area contributed by atoms with Crippen LogP contribution in [-0.4, -0.2) is 34.0 Å². The van der Waals surface area contributed by atoms with E-state index in [2.05, 4.69) is 34.2 Å². The molecule has 16 heavy (non-hydrogen) atoms. The van der Waals surface area contributed by atoms with E-state index >= 15 is 0 Å². The van der Waals surface area contributed by atoms with Crippen molar-refractivity contribution >= 4 is 8.07 Å². The molecule has 0 spiro atoms. The summed E-state index contributed by atoms with van der Waals surface area (Å²) in [7, 11) is -1.08. The predicted molar refractivity (Wildman–Crippen MR) is 71.8 cm³/mol. The maximum absolute atomic E-state index is 5.61. The fraction of sp³-hybridized carbons (Fsp3) is 1.00. The topological polar surface area (TPSA) is 21.8 Å². The Hall–Kier alpha value is 0.137. The Morgan fingerprint density at radius 3 is 2.25 bits per heavy atom. The average Bonchev–Trinajstić information content (AvgIpc) is 3.00. The molecule has 1 fully saturated rings. The molecule has 0 amide bonds. The van der Waals surface area contributed by atoms with E-state index < -0.39 is 8.07 Å². The highest BCUT2D eigenvalue weighted by Gasteiger charge is 2.33. The largest absolute Gasteiger partial charge is 0.379 e. The van der Waals surface area contributed by atoms with Crippen molar-refractivity contribution in [2.24, 2.45) is 0 Å². The van der Waals surface area contributed by atoms with Crippen molar-refractivity contribution < 1.29 is 9.47 Å². The van der Waals surface area contributed by atoms with Crippen LogP contribution in [0.3, 0.4) is 0 Å². The van der Waals surface area contributed by atoms with E-state index in [-0.39, 0.29) is 0 Å². The van der Waals surface area contributed by atoms with Gasteiger partial charge in [0.25, 0.3) is 0 Å². The monoisotopic (exact) mass is 244 g/mol. The van der Waals surface area contributed by atoms with Crippen LogP contribution in [0.5, 0.6) is 0 Å². The van der Waals surface area contributed by atoms with Gasteiger partial charge in [-0.05, 0) is 6.42 Å². The van der Waals surface area contributed by atoms with Crippen LogP contribution in [0.25, 0.3) is 0 Å². The second kappa shape index (κ2) is 6.17. The van der Waals surface area contributed by atoms with E-state index in [4.69, 9.17) is 9.47 Å². The van der Waals surface area contributed by atoms with Gasteiger partial charge in [-0.3, -0.25) is 0 Å². The van der Waals surface area contributed by atoms with Gasteiger partial charge in [0.05, 0.1) is 21.3 Å². The highest BCUT2D eigenvalue weighted by atomic mass is 28.3. The maximum atomic E-state index is 5.61. The van der Waals surface area contributed by atoms with Crippen LogP contribution < -0.4 is 0 Å². The molecule has 96 valence electrons. The number of hydrogen-bond acceptors (Lipinski definition) is 2. The van der Waals surface area contributed by atoms with Crippen LogP contribution in [-0.2, 0) is 9.47 Å². The van der Waals surface area contributed by atoms with Crippen LogP contribution in [0.1, 0.15) is 34.1 Å². The smallest absolute Gasteiger partial charge is 0.104 e. The Morgan fingerprint density at radius 2 is 1.81 bits per heavy atom. The van der Waals surface area contributed by atoms with Gasteiger partial charge in [-0.1, -0.05) is 51.4 Å². The van der Waals surface area contributed by atoms with Gasteiger partial charge in [0.2, 0.25) is 0 Å². The number of ether oxygens (including phenoxy) is 2. The zero-order valence-corrected chi connectivity index (χ0v) is 12.6. The van der Waals surface area contributed by atoms with Crippen molar-refractivity contribution in [3.05, 3.63) is 0 Å². The molecule has 0 aromatic heterocycles. The zero-order valence-electron chi connectivity index (χ0n) is 11.6. The molecule has 0 bridgehead atoms. The SMILES string of the molecule is CC(C)[Si](C)(CCCOCC1CO1)C(C)C. The van der Waals surface area contributed by atoms with Crippen LogP contribution in [0.4, 0.5) is 0 Å². The molecule has 0 saturated carbocycles. The van der Waals surface area contributed by atoms with Crippen molar-refractivity contribution in [1.29, 1.82) is 0 Å². The molecule has 1 aliphatic heterocycles. The van der Waals surface area contributed by atoms with Crippen molar-refractivity contribution in [3.63, 3.8) is 0 Å². The van der Waals surface area contributed by atoms with Gasteiger partial charge in [-0.15, -0.1) is 0 Å². The molecule has 0 aliphatic carbocycles. The molecule has 3 heteroatoms. The summed E-state index contributed by atoms with van der Waals surface area (Å²) in [6.07, 6.45) is 1.64. The number of hydrogen-bond donors (Lipinski definition) is 0. The normalized spacial score (nSPS) is 20.8. The van der Waals surface area contributed by atoms with Gasteiger partial charge in [0.15, 0.2) is 0 Å². The lowest BCUT2D eigenvalue weighted by Crippen LogP contribution is -2.37. The minimum absolute atomic E-state index is 0.416. The van der Waals surface area contributed by atoms with Gasteiger partial charge in [-0.25, -0.2) is 0 Å². The van der Waals surface area contributed by atoms with Crippen LogP contribution in [0.2, 0.25) is 23.7 Å². The Balaban J connectivity index is 2.16. The molecule has 0 N–H and O–H groups in total. The minimum atomic E-state index is -1.08.